The third kappa shape index (κ3) is 1.76. The number of thioether (sulfide) groups is 1. The lowest BCUT2D eigenvalue weighted by Crippen LogP contribution is -1.95. The first-order chi connectivity index (χ1) is 8.38. The number of rotatable bonds is 2. The molecule has 3 aromatic heterocycles. The highest BCUT2D eigenvalue weighted by Crippen LogP contribution is 2.19. The zero-order chi connectivity index (χ0) is 11.7. The van der Waals surface area contributed by atoms with Gasteiger partial charge in [0.1, 0.15) is 0 Å². The van der Waals surface area contributed by atoms with Crippen LogP contribution in [-0.4, -0.2) is 30.8 Å². The van der Waals surface area contributed by atoms with Gasteiger partial charge in [0, 0.05) is 24.2 Å². The van der Waals surface area contributed by atoms with Crippen molar-refractivity contribution in [3.63, 3.8) is 0 Å². The molecule has 84 valence electrons. The molecule has 0 radical (unpaired) electrons. The second-order valence-corrected chi connectivity index (χ2v) is 4.15. The zero-order valence-electron chi connectivity index (χ0n) is 9.11. The lowest BCUT2D eigenvalue weighted by Gasteiger charge is -2.02. The third-order valence-electron chi connectivity index (χ3n) is 2.38. The standard InChI is InChI=1S/C11H9N5S/c1-17-11-14-10-13-7-4-9(16(10)15-11)8-2-5-12-6-3-8/h2-7H,1H3. The highest BCUT2D eigenvalue weighted by Gasteiger charge is 2.08. The third-order valence-corrected chi connectivity index (χ3v) is 2.92. The Bertz CT molecular complexity index is 649. The van der Waals surface area contributed by atoms with Gasteiger partial charge in [0.05, 0.1) is 5.69 Å². The zero-order valence-corrected chi connectivity index (χ0v) is 9.92. The smallest absolute Gasteiger partial charge is 0.253 e. The van der Waals surface area contributed by atoms with Crippen LogP contribution in [0.2, 0.25) is 0 Å². The first kappa shape index (κ1) is 10.2. The molecule has 0 saturated carbocycles. The fraction of sp³-hybridized carbons (Fsp3) is 0.0909. The maximum absolute atomic E-state index is 4.39. The number of hydrogen-bond donors (Lipinski definition) is 0. The molecule has 6 heteroatoms. The van der Waals surface area contributed by atoms with Gasteiger partial charge < -0.3 is 0 Å². The van der Waals surface area contributed by atoms with Crippen molar-refractivity contribution in [3.8, 4) is 11.3 Å². The fourth-order valence-corrected chi connectivity index (χ4v) is 1.94. The summed E-state index contributed by atoms with van der Waals surface area (Å²) in [5.74, 6) is 0.615. The Balaban J connectivity index is 2.26. The van der Waals surface area contributed by atoms with Crippen molar-refractivity contribution in [2.45, 2.75) is 5.16 Å². The molecule has 0 fully saturated rings. The van der Waals surface area contributed by atoms with Crippen LogP contribution < -0.4 is 0 Å². The molecule has 17 heavy (non-hydrogen) atoms. The molecule has 0 saturated heterocycles. The lowest BCUT2D eigenvalue weighted by molar-refractivity contribution is 0.887. The summed E-state index contributed by atoms with van der Waals surface area (Å²) in [6, 6.07) is 5.80. The van der Waals surface area contributed by atoms with E-state index in [1.165, 1.54) is 11.8 Å². The molecule has 0 bridgehead atoms. The van der Waals surface area contributed by atoms with Crippen LogP contribution in [0.25, 0.3) is 17.0 Å². The molecule has 0 atom stereocenters. The number of aromatic nitrogens is 5. The van der Waals surface area contributed by atoms with Crippen molar-refractivity contribution in [1.29, 1.82) is 0 Å². The Hall–Kier alpha value is -1.95. The molecular formula is C11H9N5S. The van der Waals surface area contributed by atoms with E-state index in [0.29, 0.717) is 5.78 Å². The van der Waals surface area contributed by atoms with E-state index < -0.39 is 0 Å². The molecule has 0 aromatic carbocycles. The fourth-order valence-electron chi connectivity index (χ4n) is 1.60. The van der Waals surface area contributed by atoms with Crippen molar-refractivity contribution < 1.29 is 0 Å². The molecule has 0 aliphatic carbocycles. The van der Waals surface area contributed by atoms with E-state index in [4.69, 9.17) is 0 Å². The Kier molecular flexibility index (Phi) is 2.49. The lowest BCUT2D eigenvalue weighted by atomic mass is 10.2. The number of nitrogens with zero attached hydrogens (tertiary/aromatic N) is 5. The van der Waals surface area contributed by atoms with Gasteiger partial charge in [0.2, 0.25) is 5.16 Å². The van der Waals surface area contributed by atoms with Gasteiger partial charge in [-0.1, -0.05) is 11.8 Å². The quantitative estimate of drug-likeness (QED) is 0.643. The van der Waals surface area contributed by atoms with Gasteiger partial charge in [-0.3, -0.25) is 4.98 Å². The summed E-state index contributed by atoms with van der Waals surface area (Å²) in [6.07, 6.45) is 7.20. The van der Waals surface area contributed by atoms with E-state index in [1.54, 1.807) is 23.1 Å². The molecule has 0 unspecified atom stereocenters. The highest BCUT2D eigenvalue weighted by atomic mass is 32.2. The van der Waals surface area contributed by atoms with Gasteiger partial charge in [0.15, 0.2) is 0 Å². The van der Waals surface area contributed by atoms with Gasteiger partial charge >= 0.3 is 0 Å². The van der Waals surface area contributed by atoms with Crippen molar-refractivity contribution in [2.75, 3.05) is 6.26 Å². The van der Waals surface area contributed by atoms with Crippen LogP contribution >= 0.6 is 11.8 Å². The van der Waals surface area contributed by atoms with Crippen molar-refractivity contribution in [3.05, 3.63) is 36.8 Å². The Morgan fingerprint density at radius 1 is 1.12 bits per heavy atom. The second-order valence-electron chi connectivity index (χ2n) is 3.38. The summed E-state index contributed by atoms with van der Waals surface area (Å²) < 4.78 is 1.75. The monoisotopic (exact) mass is 243 g/mol. The molecule has 0 aliphatic heterocycles. The van der Waals surface area contributed by atoms with Crippen molar-refractivity contribution in [2.24, 2.45) is 0 Å². The second kappa shape index (κ2) is 4.14. The van der Waals surface area contributed by atoms with E-state index in [1.807, 2.05) is 24.5 Å². The minimum atomic E-state index is 0.615. The van der Waals surface area contributed by atoms with Gasteiger partial charge in [0.25, 0.3) is 5.78 Å². The van der Waals surface area contributed by atoms with Crippen LogP contribution in [0, 0.1) is 0 Å². The largest absolute Gasteiger partial charge is 0.265 e. The van der Waals surface area contributed by atoms with E-state index in [-0.39, 0.29) is 0 Å². The minimum absolute atomic E-state index is 0.615. The van der Waals surface area contributed by atoms with Crippen LogP contribution in [-0.2, 0) is 0 Å². The topological polar surface area (TPSA) is 56.0 Å². The Morgan fingerprint density at radius 3 is 2.71 bits per heavy atom. The summed E-state index contributed by atoms with van der Waals surface area (Å²) in [6.45, 7) is 0. The van der Waals surface area contributed by atoms with Gasteiger partial charge in [-0.15, -0.1) is 5.10 Å². The normalized spacial score (nSPS) is 10.9. The molecule has 3 aromatic rings. The van der Waals surface area contributed by atoms with Gasteiger partial charge in [-0.2, -0.15) is 9.50 Å². The van der Waals surface area contributed by atoms with Crippen LogP contribution in [0.5, 0.6) is 0 Å². The maximum atomic E-state index is 4.39. The van der Waals surface area contributed by atoms with Crippen molar-refractivity contribution in [1.82, 2.24) is 24.6 Å². The summed E-state index contributed by atoms with van der Waals surface area (Å²) in [5.41, 5.74) is 2.01. The van der Waals surface area contributed by atoms with Crippen LogP contribution in [0.1, 0.15) is 0 Å². The summed E-state index contributed by atoms with van der Waals surface area (Å²) in [7, 11) is 0. The Labute approximate surface area is 102 Å². The molecule has 0 amide bonds. The van der Waals surface area contributed by atoms with E-state index in [9.17, 15) is 0 Å². The van der Waals surface area contributed by atoms with Gasteiger partial charge in [-0.25, -0.2) is 4.98 Å². The average Bonchev–Trinajstić information content (AvgIpc) is 2.82. The predicted octanol–water partition coefficient (Wildman–Crippen LogP) is 1.91. The number of pyridine rings is 1. The highest BCUT2D eigenvalue weighted by molar-refractivity contribution is 7.98. The molecule has 0 aliphatic rings. The van der Waals surface area contributed by atoms with E-state index >= 15 is 0 Å². The van der Waals surface area contributed by atoms with Crippen LogP contribution in [0.15, 0.2) is 41.9 Å². The molecule has 3 heterocycles. The van der Waals surface area contributed by atoms with E-state index in [2.05, 4.69) is 20.1 Å². The summed E-state index contributed by atoms with van der Waals surface area (Å²) >= 11 is 1.50. The average molecular weight is 243 g/mol. The molecular weight excluding hydrogens is 234 g/mol. The molecule has 3 rings (SSSR count). The number of hydrogen-bond acceptors (Lipinski definition) is 5. The van der Waals surface area contributed by atoms with E-state index in [0.717, 1.165) is 16.4 Å². The van der Waals surface area contributed by atoms with Crippen molar-refractivity contribution >= 4 is 17.5 Å². The Morgan fingerprint density at radius 2 is 1.94 bits per heavy atom. The molecule has 0 N–H and O–H groups in total. The van der Waals surface area contributed by atoms with Crippen LogP contribution in [0.4, 0.5) is 0 Å². The SMILES string of the molecule is CSc1nc2nccc(-c3ccncc3)n2n1. The minimum Gasteiger partial charge on any atom is -0.265 e. The van der Waals surface area contributed by atoms with Crippen LogP contribution in [0.3, 0.4) is 0 Å². The maximum Gasteiger partial charge on any atom is 0.253 e. The number of fused-ring (bicyclic) bond motifs is 1. The summed E-state index contributed by atoms with van der Waals surface area (Å²) in [5, 5.41) is 5.11. The molecule has 5 nitrogen and oxygen atoms in total. The van der Waals surface area contributed by atoms with Gasteiger partial charge in [-0.05, 0) is 24.5 Å². The first-order valence-corrected chi connectivity index (χ1v) is 6.27. The summed E-state index contributed by atoms with van der Waals surface area (Å²) in [4.78, 5) is 12.5. The predicted molar refractivity (Wildman–Crippen MR) is 65.8 cm³/mol. The first-order valence-electron chi connectivity index (χ1n) is 5.04. The molecule has 0 spiro atoms.